The summed E-state index contributed by atoms with van der Waals surface area (Å²) in [7, 11) is 0. The maximum absolute atomic E-state index is 11.1. The van der Waals surface area contributed by atoms with Crippen LogP contribution in [0.15, 0.2) is 12.2 Å². The zero-order chi connectivity index (χ0) is 11.4. The molecule has 0 N–H and O–H groups in total. The Kier molecular flexibility index (Phi) is 4.70. The van der Waals surface area contributed by atoms with Crippen LogP contribution in [-0.2, 0) is 19.1 Å². The molecule has 0 radical (unpaired) electrons. The van der Waals surface area contributed by atoms with Crippen molar-refractivity contribution in [2.24, 2.45) is 0 Å². The first-order valence-electron chi connectivity index (χ1n) is 4.11. The predicted octanol–water partition coefficient (Wildman–Crippen LogP) is 1.66. The molecule has 0 spiro atoms. The normalized spacial score (nSPS) is 14.0. The summed E-state index contributed by atoms with van der Waals surface area (Å²) in [5.41, 5.74) is 0.220. The molecular weight excluding hydrogens is 204 g/mol. The van der Waals surface area contributed by atoms with Gasteiger partial charge in [0.25, 0.3) is 0 Å². The van der Waals surface area contributed by atoms with E-state index in [0.29, 0.717) is 0 Å². The predicted molar refractivity (Wildman–Crippen MR) is 54.7 cm³/mol. The molecule has 5 heteroatoms. The van der Waals surface area contributed by atoms with E-state index in [4.69, 9.17) is 9.47 Å². The molecule has 0 amide bonds. The van der Waals surface area contributed by atoms with Crippen LogP contribution < -0.4 is 0 Å². The lowest BCUT2D eigenvalue weighted by atomic mass is 10.4. The molecule has 0 fully saturated rings. The topological polar surface area (TPSA) is 52.6 Å². The molecule has 0 aromatic heterocycles. The molecule has 0 aromatic rings. The van der Waals surface area contributed by atoms with Crippen molar-refractivity contribution in [2.45, 2.75) is 32.3 Å². The van der Waals surface area contributed by atoms with Crippen LogP contribution in [-0.4, -0.2) is 17.1 Å². The first-order valence-corrected chi connectivity index (χ1v) is 4.56. The average Bonchev–Trinajstić information content (AvgIpc) is 2.02. The average molecular weight is 218 g/mol. The molecule has 0 saturated carbocycles. The summed E-state index contributed by atoms with van der Waals surface area (Å²) in [6.45, 7) is 7.88. The highest BCUT2D eigenvalue weighted by Gasteiger charge is 2.28. The van der Waals surface area contributed by atoms with Crippen molar-refractivity contribution in [1.29, 1.82) is 0 Å². The van der Waals surface area contributed by atoms with Crippen LogP contribution in [0.4, 0.5) is 0 Å². The minimum absolute atomic E-state index is 0.195. The zero-order valence-corrected chi connectivity index (χ0v) is 9.39. The van der Waals surface area contributed by atoms with E-state index in [1.54, 1.807) is 6.92 Å². The van der Waals surface area contributed by atoms with Gasteiger partial charge in [-0.2, -0.15) is 0 Å². The molecule has 0 rings (SSSR count). The van der Waals surface area contributed by atoms with Gasteiger partial charge in [0.1, 0.15) is 0 Å². The third kappa shape index (κ3) is 4.91. The van der Waals surface area contributed by atoms with Crippen LogP contribution in [0.3, 0.4) is 0 Å². The van der Waals surface area contributed by atoms with Crippen molar-refractivity contribution in [2.75, 3.05) is 0 Å². The molecule has 14 heavy (non-hydrogen) atoms. The fourth-order valence-electron chi connectivity index (χ4n) is 0.563. The van der Waals surface area contributed by atoms with E-state index in [-0.39, 0.29) is 12.0 Å². The quantitative estimate of drug-likeness (QED) is 0.337. The second kappa shape index (κ2) is 5.05. The summed E-state index contributed by atoms with van der Waals surface area (Å²) < 4.78 is 9.50. The van der Waals surface area contributed by atoms with Gasteiger partial charge in [-0.1, -0.05) is 26.1 Å². The summed E-state index contributed by atoms with van der Waals surface area (Å²) in [4.78, 5) is 22.0. The number of ether oxygens (including phenoxy) is 2. The van der Waals surface area contributed by atoms with Gasteiger partial charge in [-0.15, -0.1) is 0 Å². The molecule has 0 heterocycles. The van der Waals surface area contributed by atoms with Gasteiger partial charge in [-0.25, -0.2) is 4.79 Å². The molecule has 80 valence electrons. The highest BCUT2D eigenvalue weighted by molar-refractivity contribution is 7.81. The first-order chi connectivity index (χ1) is 6.28. The van der Waals surface area contributed by atoms with E-state index >= 15 is 0 Å². The fraction of sp³-hybridized carbons (Fsp3) is 0.556. The zero-order valence-electron chi connectivity index (χ0n) is 8.49. The summed E-state index contributed by atoms with van der Waals surface area (Å²) in [5, 5.41) is -1.54. The standard InChI is InChI=1S/C9H14O4S/c1-5-7(10)12-9(4,14)13-8(11)6(2)3/h14H,2,5H2,1,3-4H3. The maximum Gasteiger partial charge on any atom is 0.337 e. The Balaban J connectivity index is 4.27. The van der Waals surface area contributed by atoms with Gasteiger partial charge in [-0.05, 0) is 6.92 Å². The van der Waals surface area contributed by atoms with Crippen molar-refractivity contribution in [1.82, 2.24) is 0 Å². The van der Waals surface area contributed by atoms with E-state index < -0.39 is 17.1 Å². The molecule has 0 aromatic carbocycles. The summed E-state index contributed by atoms with van der Waals surface area (Å²) in [5.74, 6) is -1.14. The maximum atomic E-state index is 11.1. The Labute approximate surface area is 88.7 Å². The van der Waals surface area contributed by atoms with E-state index in [0.717, 1.165) is 0 Å². The van der Waals surface area contributed by atoms with E-state index in [1.165, 1.54) is 13.8 Å². The van der Waals surface area contributed by atoms with Gasteiger partial charge in [0.2, 0.25) is 0 Å². The Morgan fingerprint density at radius 1 is 1.43 bits per heavy atom. The van der Waals surface area contributed by atoms with E-state index in [9.17, 15) is 9.59 Å². The Hall–Kier alpha value is -0.970. The largest absolute Gasteiger partial charge is 0.413 e. The van der Waals surface area contributed by atoms with Crippen LogP contribution in [0, 0.1) is 0 Å². The van der Waals surface area contributed by atoms with Gasteiger partial charge in [-0.3, -0.25) is 4.79 Å². The van der Waals surface area contributed by atoms with Crippen LogP contribution in [0.2, 0.25) is 0 Å². The number of thiol groups is 1. The number of hydrogen-bond donors (Lipinski definition) is 1. The van der Waals surface area contributed by atoms with Crippen LogP contribution in [0.25, 0.3) is 0 Å². The second-order valence-electron chi connectivity index (χ2n) is 2.90. The monoisotopic (exact) mass is 218 g/mol. The molecule has 0 saturated heterocycles. The molecule has 0 aliphatic carbocycles. The Morgan fingerprint density at radius 2 is 1.93 bits per heavy atom. The third-order valence-electron chi connectivity index (χ3n) is 1.22. The lowest BCUT2D eigenvalue weighted by molar-refractivity contribution is -0.190. The minimum Gasteiger partial charge on any atom is -0.413 e. The van der Waals surface area contributed by atoms with Gasteiger partial charge in [0.15, 0.2) is 0 Å². The summed E-state index contributed by atoms with van der Waals surface area (Å²) >= 11 is 3.89. The molecule has 1 atom stereocenters. The highest BCUT2D eigenvalue weighted by atomic mass is 32.1. The Morgan fingerprint density at radius 3 is 2.29 bits per heavy atom. The van der Waals surface area contributed by atoms with Crippen molar-refractivity contribution < 1.29 is 19.1 Å². The number of rotatable bonds is 4. The lowest BCUT2D eigenvalue weighted by Crippen LogP contribution is -2.31. The van der Waals surface area contributed by atoms with E-state index in [2.05, 4.69) is 19.2 Å². The minimum atomic E-state index is -1.54. The van der Waals surface area contributed by atoms with Gasteiger partial charge in [0, 0.05) is 18.9 Å². The van der Waals surface area contributed by atoms with Crippen molar-refractivity contribution >= 4 is 24.6 Å². The van der Waals surface area contributed by atoms with E-state index in [1.807, 2.05) is 0 Å². The van der Waals surface area contributed by atoms with Gasteiger partial charge >= 0.3 is 17.1 Å². The first kappa shape index (κ1) is 13.0. The van der Waals surface area contributed by atoms with Crippen LogP contribution >= 0.6 is 12.6 Å². The molecule has 0 bridgehead atoms. The smallest absolute Gasteiger partial charge is 0.337 e. The second-order valence-corrected chi connectivity index (χ2v) is 3.71. The van der Waals surface area contributed by atoms with Gasteiger partial charge < -0.3 is 9.47 Å². The van der Waals surface area contributed by atoms with Gasteiger partial charge in [0.05, 0.1) is 0 Å². The number of hydrogen-bond acceptors (Lipinski definition) is 5. The van der Waals surface area contributed by atoms with Crippen molar-refractivity contribution in [3.8, 4) is 0 Å². The van der Waals surface area contributed by atoms with Crippen molar-refractivity contribution in [3.63, 3.8) is 0 Å². The molecule has 1 unspecified atom stereocenters. The van der Waals surface area contributed by atoms with Crippen LogP contribution in [0.5, 0.6) is 0 Å². The molecule has 4 nitrogen and oxygen atoms in total. The molecular formula is C9H14O4S. The lowest BCUT2D eigenvalue weighted by Gasteiger charge is -2.23. The summed E-state index contributed by atoms with van der Waals surface area (Å²) in [6, 6.07) is 0. The highest BCUT2D eigenvalue weighted by Crippen LogP contribution is 2.19. The molecule has 0 aliphatic rings. The summed E-state index contributed by atoms with van der Waals surface area (Å²) in [6.07, 6.45) is 0.195. The SMILES string of the molecule is C=C(C)C(=O)OC(C)(S)OC(=O)CC. The number of carbonyl (C=O) groups is 2. The fourth-order valence-corrected chi connectivity index (χ4v) is 0.748. The molecule has 0 aliphatic heterocycles. The Bertz CT molecular complexity index is 258. The number of carbonyl (C=O) groups excluding carboxylic acids is 2. The number of esters is 2. The third-order valence-corrected chi connectivity index (χ3v) is 1.40. The van der Waals surface area contributed by atoms with Crippen molar-refractivity contribution in [3.05, 3.63) is 12.2 Å². The van der Waals surface area contributed by atoms with Crippen LogP contribution in [0.1, 0.15) is 27.2 Å².